The molecule has 3 rings (SSSR count). The predicted molar refractivity (Wildman–Crippen MR) is 114 cm³/mol. The van der Waals surface area contributed by atoms with Gasteiger partial charge in [0.15, 0.2) is 5.16 Å². The second-order valence-corrected chi connectivity index (χ2v) is 7.38. The van der Waals surface area contributed by atoms with Gasteiger partial charge in [-0.2, -0.15) is 0 Å². The van der Waals surface area contributed by atoms with E-state index < -0.39 is 0 Å². The first-order valence-electron chi connectivity index (χ1n) is 9.11. The van der Waals surface area contributed by atoms with E-state index in [2.05, 4.69) is 10.3 Å². The minimum atomic E-state index is -0.212. The molecule has 1 aromatic heterocycles. The summed E-state index contributed by atoms with van der Waals surface area (Å²) in [6.45, 7) is 2.29. The molecule has 2 aromatic carbocycles. The molecule has 0 fully saturated rings. The van der Waals surface area contributed by atoms with Gasteiger partial charge in [0.2, 0.25) is 5.91 Å². The van der Waals surface area contributed by atoms with Crippen molar-refractivity contribution >= 4 is 28.6 Å². The lowest BCUT2D eigenvalue weighted by Crippen LogP contribution is -2.36. The van der Waals surface area contributed by atoms with E-state index in [1.807, 2.05) is 25.1 Å². The molecule has 152 valence electrons. The highest BCUT2D eigenvalue weighted by Gasteiger charge is 2.17. The van der Waals surface area contributed by atoms with Gasteiger partial charge in [-0.25, -0.2) is 4.98 Å². The molecule has 0 aliphatic heterocycles. The summed E-state index contributed by atoms with van der Waals surface area (Å²) < 4.78 is 12.0. The second kappa shape index (κ2) is 9.58. The molecule has 0 aliphatic rings. The molecule has 1 amide bonds. The molecule has 0 spiro atoms. The summed E-state index contributed by atoms with van der Waals surface area (Å²) >= 11 is 1.20. The molecular formula is C21H23N3O4S. The van der Waals surface area contributed by atoms with Gasteiger partial charge in [-0.3, -0.25) is 14.2 Å². The van der Waals surface area contributed by atoms with Crippen LogP contribution in [0.15, 0.2) is 58.5 Å². The fourth-order valence-electron chi connectivity index (χ4n) is 2.97. The molecule has 0 saturated carbocycles. The van der Waals surface area contributed by atoms with Crippen molar-refractivity contribution in [2.24, 2.45) is 0 Å². The third kappa shape index (κ3) is 4.78. The smallest absolute Gasteiger partial charge is 0.266 e. The monoisotopic (exact) mass is 413 g/mol. The van der Waals surface area contributed by atoms with E-state index >= 15 is 0 Å². The minimum Gasteiger partial charge on any atom is -0.495 e. The summed E-state index contributed by atoms with van der Waals surface area (Å²) in [5.41, 5.74) is 0.948. The van der Waals surface area contributed by atoms with Crippen LogP contribution in [0.4, 0.5) is 0 Å². The van der Waals surface area contributed by atoms with Crippen LogP contribution < -0.4 is 15.6 Å². The van der Waals surface area contributed by atoms with Crippen LogP contribution in [0.5, 0.6) is 5.75 Å². The van der Waals surface area contributed by atoms with Gasteiger partial charge >= 0.3 is 0 Å². The molecule has 0 unspecified atom stereocenters. The number of para-hydroxylation sites is 3. The quantitative estimate of drug-likeness (QED) is 0.452. The van der Waals surface area contributed by atoms with E-state index in [9.17, 15) is 9.59 Å². The maximum absolute atomic E-state index is 13.3. The van der Waals surface area contributed by atoms with Crippen LogP contribution in [0.2, 0.25) is 0 Å². The van der Waals surface area contributed by atoms with Gasteiger partial charge in [0.05, 0.1) is 36.1 Å². The molecule has 1 heterocycles. The van der Waals surface area contributed by atoms with Crippen molar-refractivity contribution in [2.75, 3.05) is 26.6 Å². The van der Waals surface area contributed by atoms with E-state index in [0.717, 1.165) is 0 Å². The third-order valence-electron chi connectivity index (χ3n) is 4.23. The number of hydrogen-bond donors (Lipinski definition) is 1. The SMILES string of the molecule is COC[C@H](C)NC(=O)CSc1nc2ccccc2c(=O)n1-c1ccccc1OC. The fourth-order valence-corrected chi connectivity index (χ4v) is 3.79. The van der Waals surface area contributed by atoms with E-state index in [0.29, 0.717) is 34.1 Å². The summed E-state index contributed by atoms with van der Waals surface area (Å²) in [5.74, 6) is 0.508. The number of thioether (sulfide) groups is 1. The average molecular weight is 413 g/mol. The first kappa shape index (κ1) is 20.9. The lowest BCUT2D eigenvalue weighted by atomic mass is 10.2. The van der Waals surface area contributed by atoms with Crippen LogP contribution >= 0.6 is 11.8 Å². The van der Waals surface area contributed by atoms with Crippen LogP contribution in [0.1, 0.15) is 6.92 Å². The number of hydrogen-bond acceptors (Lipinski definition) is 6. The Hall–Kier alpha value is -2.84. The number of methoxy groups -OCH3 is 2. The zero-order valence-corrected chi connectivity index (χ0v) is 17.4. The normalized spacial score (nSPS) is 12.0. The van der Waals surface area contributed by atoms with Gasteiger partial charge < -0.3 is 14.8 Å². The topological polar surface area (TPSA) is 82.5 Å². The van der Waals surface area contributed by atoms with Crippen molar-refractivity contribution < 1.29 is 14.3 Å². The summed E-state index contributed by atoms with van der Waals surface area (Å²) in [6, 6.07) is 14.3. The largest absolute Gasteiger partial charge is 0.495 e. The number of carbonyl (C=O) groups is 1. The number of nitrogens with one attached hydrogen (secondary N) is 1. The number of rotatable bonds is 8. The zero-order valence-electron chi connectivity index (χ0n) is 16.5. The Labute approximate surface area is 173 Å². The van der Waals surface area contributed by atoms with E-state index in [1.54, 1.807) is 44.6 Å². The van der Waals surface area contributed by atoms with Gasteiger partial charge in [-0.05, 0) is 31.2 Å². The maximum atomic E-state index is 13.3. The van der Waals surface area contributed by atoms with Gasteiger partial charge in [-0.1, -0.05) is 36.0 Å². The van der Waals surface area contributed by atoms with Crippen molar-refractivity contribution in [1.29, 1.82) is 0 Å². The number of benzene rings is 2. The summed E-state index contributed by atoms with van der Waals surface area (Å²) in [5, 5.41) is 3.78. The van der Waals surface area contributed by atoms with Gasteiger partial charge in [0.25, 0.3) is 5.56 Å². The highest BCUT2D eigenvalue weighted by molar-refractivity contribution is 7.99. The number of carbonyl (C=O) groups excluding carboxylic acids is 1. The van der Waals surface area contributed by atoms with Gasteiger partial charge in [0.1, 0.15) is 5.75 Å². The Morgan fingerprint density at radius 1 is 1.17 bits per heavy atom. The Bertz CT molecular complexity index is 1070. The molecular weight excluding hydrogens is 390 g/mol. The summed E-state index contributed by atoms with van der Waals surface area (Å²) in [4.78, 5) is 30.2. The molecule has 0 bridgehead atoms. The minimum absolute atomic E-state index is 0.103. The first-order valence-corrected chi connectivity index (χ1v) is 10.1. The molecule has 1 atom stereocenters. The molecule has 3 aromatic rings. The number of aromatic nitrogens is 2. The van der Waals surface area contributed by atoms with Crippen LogP contribution in [0.25, 0.3) is 16.6 Å². The number of amides is 1. The molecule has 8 heteroatoms. The van der Waals surface area contributed by atoms with Crippen LogP contribution in [0, 0.1) is 0 Å². The Morgan fingerprint density at radius 3 is 2.66 bits per heavy atom. The van der Waals surface area contributed by atoms with E-state index in [4.69, 9.17) is 9.47 Å². The van der Waals surface area contributed by atoms with Crippen LogP contribution in [0.3, 0.4) is 0 Å². The Morgan fingerprint density at radius 2 is 1.90 bits per heavy atom. The van der Waals surface area contributed by atoms with Crippen molar-refractivity contribution in [3.05, 3.63) is 58.9 Å². The van der Waals surface area contributed by atoms with E-state index in [1.165, 1.54) is 16.3 Å². The summed E-state index contributed by atoms with van der Waals surface area (Å²) in [6.07, 6.45) is 0. The van der Waals surface area contributed by atoms with Crippen molar-refractivity contribution in [3.63, 3.8) is 0 Å². The van der Waals surface area contributed by atoms with Crippen molar-refractivity contribution in [3.8, 4) is 11.4 Å². The molecule has 1 N–H and O–H groups in total. The van der Waals surface area contributed by atoms with Crippen molar-refractivity contribution in [2.45, 2.75) is 18.1 Å². The standard InChI is InChI=1S/C21H23N3O4S/c1-14(12-27-2)22-19(25)13-29-21-23-16-9-5-4-8-15(16)20(26)24(21)17-10-6-7-11-18(17)28-3/h4-11,14H,12-13H2,1-3H3,(H,22,25)/t14-/m0/s1. The second-order valence-electron chi connectivity index (χ2n) is 6.44. The molecule has 0 radical (unpaired) electrons. The molecule has 0 saturated heterocycles. The lowest BCUT2D eigenvalue weighted by molar-refractivity contribution is -0.119. The zero-order chi connectivity index (χ0) is 20.8. The lowest BCUT2D eigenvalue weighted by Gasteiger charge is -2.16. The number of nitrogens with zero attached hydrogens (tertiary/aromatic N) is 2. The van der Waals surface area contributed by atoms with Crippen LogP contribution in [-0.2, 0) is 9.53 Å². The highest BCUT2D eigenvalue weighted by Crippen LogP contribution is 2.26. The fraction of sp³-hybridized carbons (Fsp3) is 0.286. The maximum Gasteiger partial charge on any atom is 0.266 e. The van der Waals surface area contributed by atoms with Crippen LogP contribution in [-0.4, -0.2) is 48.1 Å². The van der Waals surface area contributed by atoms with Crippen molar-refractivity contribution in [1.82, 2.24) is 14.9 Å². The average Bonchev–Trinajstić information content (AvgIpc) is 2.72. The third-order valence-corrected chi connectivity index (χ3v) is 5.17. The predicted octanol–water partition coefficient (Wildman–Crippen LogP) is 2.64. The Kier molecular flexibility index (Phi) is 6.90. The number of ether oxygens (including phenoxy) is 2. The molecule has 0 aliphatic carbocycles. The van der Waals surface area contributed by atoms with Gasteiger partial charge in [-0.15, -0.1) is 0 Å². The molecule has 29 heavy (non-hydrogen) atoms. The van der Waals surface area contributed by atoms with E-state index in [-0.39, 0.29) is 23.3 Å². The highest BCUT2D eigenvalue weighted by atomic mass is 32.2. The Balaban J connectivity index is 2.01. The first-order chi connectivity index (χ1) is 14.0. The molecule has 7 nitrogen and oxygen atoms in total. The van der Waals surface area contributed by atoms with Gasteiger partial charge in [0, 0.05) is 13.2 Å². The summed E-state index contributed by atoms with van der Waals surface area (Å²) in [7, 11) is 3.14. The number of fused-ring (bicyclic) bond motifs is 1.